The second kappa shape index (κ2) is 5.70. The van der Waals surface area contributed by atoms with Crippen molar-refractivity contribution in [3.8, 4) is 0 Å². The molecule has 0 aromatic carbocycles. The van der Waals surface area contributed by atoms with Gasteiger partial charge < -0.3 is 11.1 Å². The van der Waals surface area contributed by atoms with Gasteiger partial charge in [-0.1, -0.05) is 13.8 Å². The van der Waals surface area contributed by atoms with Crippen molar-refractivity contribution in [3.05, 3.63) is 16.1 Å². The highest BCUT2D eigenvalue weighted by Gasteiger charge is 1.98. The van der Waals surface area contributed by atoms with Crippen molar-refractivity contribution >= 4 is 17.3 Å². The number of nitrogens with one attached hydrogen (secondary N) is 1. The van der Waals surface area contributed by atoms with E-state index in [-0.39, 0.29) is 0 Å². The number of hydrogen-bond acceptors (Lipinski definition) is 3. The number of nitrogens with zero attached hydrogens (tertiary/aromatic N) is 2. The zero-order valence-corrected chi connectivity index (χ0v) is 10.3. The van der Waals surface area contributed by atoms with E-state index in [1.807, 2.05) is 12.3 Å². The summed E-state index contributed by atoms with van der Waals surface area (Å²) in [6, 6.07) is 0. The summed E-state index contributed by atoms with van der Waals surface area (Å²) in [4.78, 5) is 8.51. The van der Waals surface area contributed by atoms with Crippen molar-refractivity contribution in [3.63, 3.8) is 0 Å². The van der Waals surface area contributed by atoms with Crippen LogP contribution >= 0.6 is 11.3 Å². The van der Waals surface area contributed by atoms with Crippen LogP contribution in [0.4, 0.5) is 0 Å². The lowest BCUT2D eigenvalue weighted by Gasteiger charge is -2.07. The Hall–Kier alpha value is -1.10. The highest BCUT2D eigenvalue weighted by Crippen LogP contribution is 2.08. The number of aliphatic imine (C=N–C) groups is 1. The van der Waals surface area contributed by atoms with E-state index in [0.29, 0.717) is 18.4 Å². The second-order valence-corrected chi connectivity index (χ2v) is 4.90. The summed E-state index contributed by atoms with van der Waals surface area (Å²) >= 11 is 1.63. The van der Waals surface area contributed by atoms with E-state index in [0.717, 1.165) is 17.2 Å². The Morgan fingerprint density at radius 3 is 2.93 bits per heavy atom. The fourth-order valence-corrected chi connectivity index (χ4v) is 1.62. The van der Waals surface area contributed by atoms with Crippen molar-refractivity contribution < 1.29 is 0 Å². The van der Waals surface area contributed by atoms with Crippen molar-refractivity contribution in [2.45, 2.75) is 27.3 Å². The number of aryl methyl sites for hydroxylation is 1. The van der Waals surface area contributed by atoms with Crippen molar-refractivity contribution in [1.29, 1.82) is 0 Å². The first kappa shape index (κ1) is 12.0. The molecule has 1 aromatic heterocycles. The summed E-state index contributed by atoms with van der Waals surface area (Å²) in [6.07, 6.45) is 0. The Morgan fingerprint density at radius 1 is 1.67 bits per heavy atom. The number of nitrogens with two attached hydrogens (primary N) is 1. The van der Waals surface area contributed by atoms with E-state index in [4.69, 9.17) is 5.73 Å². The maximum Gasteiger partial charge on any atom is 0.188 e. The molecule has 0 aliphatic rings. The average Bonchev–Trinajstić information content (AvgIpc) is 2.58. The van der Waals surface area contributed by atoms with Crippen molar-refractivity contribution in [2.24, 2.45) is 16.6 Å². The van der Waals surface area contributed by atoms with Crippen LogP contribution in [0.2, 0.25) is 0 Å². The first-order valence-corrected chi connectivity index (χ1v) is 5.90. The van der Waals surface area contributed by atoms with Crippen molar-refractivity contribution in [2.75, 3.05) is 6.54 Å². The summed E-state index contributed by atoms with van der Waals surface area (Å²) in [7, 11) is 0. The summed E-state index contributed by atoms with van der Waals surface area (Å²) in [6.45, 7) is 7.65. The Morgan fingerprint density at radius 2 is 2.40 bits per heavy atom. The molecule has 0 saturated heterocycles. The molecular weight excluding hydrogens is 208 g/mol. The SMILES string of the molecule is Cc1nc(CN=C(N)NCC(C)C)cs1. The summed E-state index contributed by atoms with van der Waals surface area (Å²) in [5.41, 5.74) is 6.67. The molecule has 1 heterocycles. The van der Waals surface area contributed by atoms with E-state index in [2.05, 4.69) is 29.1 Å². The first-order valence-electron chi connectivity index (χ1n) is 5.02. The van der Waals surface area contributed by atoms with Gasteiger partial charge in [-0.15, -0.1) is 11.3 Å². The quantitative estimate of drug-likeness (QED) is 0.604. The number of rotatable bonds is 4. The maximum atomic E-state index is 5.69. The summed E-state index contributed by atoms with van der Waals surface area (Å²) in [5, 5.41) is 6.13. The van der Waals surface area contributed by atoms with Gasteiger partial charge in [0.15, 0.2) is 5.96 Å². The average molecular weight is 226 g/mol. The van der Waals surface area contributed by atoms with Crippen LogP contribution in [0, 0.1) is 12.8 Å². The molecular formula is C10H18N4S. The third-order valence-corrected chi connectivity index (χ3v) is 2.59. The van der Waals surface area contributed by atoms with Gasteiger partial charge >= 0.3 is 0 Å². The molecule has 0 saturated carbocycles. The Bertz CT molecular complexity index is 330. The lowest BCUT2D eigenvalue weighted by atomic mass is 10.2. The predicted octanol–water partition coefficient (Wildman–Crippen LogP) is 1.51. The van der Waals surface area contributed by atoms with Crippen LogP contribution in [0.5, 0.6) is 0 Å². The summed E-state index contributed by atoms with van der Waals surface area (Å²) < 4.78 is 0. The van der Waals surface area contributed by atoms with Crippen LogP contribution in [0.3, 0.4) is 0 Å². The minimum absolute atomic E-state index is 0.495. The van der Waals surface area contributed by atoms with Gasteiger partial charge in [-0.3, -0.25) is 0 Å². The molecule has 0 atom stereocenters. The van der Waals surface area contributed by atoms with Crippen LogP contribution in [0.25, 0.3) is 0 Å². The highest BCUT2D eigenvalue weighted by molar-refractivity contribution is 7.09. The topological polar surface area (TPSA) is 63.3 Å². The Labute approximate surface area is 94.6 Å². The van der Waals surface area contributed by atoms with E-state index in [9.17, 15) is 0 Å². The number of thiazole rings is 1. The molecule has 0 aliphatic carbocycles. The zero-order valence-electron chi connectivity index (χ0n) is 9.45. The highest BCUT2D eigenvalue weighted by atomic mass is 32.1. The van der Waals surface area contributed by atoms with Gasteiger partial charge in [-0.25, -0.2) is 9.98 Å². The second-order valence-electron chi connectivity index (χ2n) is 3.83. The standard InChI is InChI=1S/C10H18N4S/c1-7(2)4-12-10(11)13-5-9-6-15-8(3)14-9/h6-7H,4-5H2,1-3H3,(H3,11,12,13). The number of hydrogen-bond donors (Lipinski definition) is 2. The molecule has 0 fully saturated rings. The smallest absolute Gasteiger partial charge is 0.188 e. The minimum Gasteiger partial charge on any atom is -0.370 e. The minimum atomic E-state index is 0.495. The van der Waals surface area contributed by atoms with E-state index >= 15 is 0 Å². The van der Waals surface area contributed by atoms with Crippen molar-refractivity contribution in [1.82, 2.24) is 10.3 Å². The van der Waals surface area contributed by atoms with Gasteiger partial charge in [0.2, 0.25) is 0 Å². The normalized spacial score (nSPS) is 12.1. The van der Waals surface area contributed by atoms with Crippen LogP contribution in [-0.4, -0.2) is 17.5 Å². The van der Waals surface area contributed by atoms with Crippen LogP contribution in [0.1, 0.15) is 24.5 Å². The summed E-state index contributed by atoms with van der Waals surface area (Å²) in [5.74, 6) is 1.06. The maximum absolute atomic E-state index is 5.69. The van der Waals surface area contributed by atoms with Crippen LogP contribution in [0.15, 0.2) is 10.4 Å². The Kier molecular flexibility index (Phi) is 4.55. The van der Waals surface area contributed by atoms with Gasteiger partial charge in [0.05, 0.1) is 17.2 Å². The van der Waals surface area contributed by atoms with Crippen LogP contribution < -0.4 is 11.1 Å². The lowest BCUT2D eigenvalue weighted by Crippen LogP contribution is -2.34. The van der Waals surface area contributed by atoms with Gasteiger partial charge in [0, 0.05) is 11.9 Å². The molecule has 0 spiro atoms. The molecule has 1 aromatic rings. The molecule has 0 unspecified atom stereocenters. The number of guanidine groups is 1. The lowest BCUT2D eigenvalue weighted by molar-refractivity contribution is 0.621. The van der Waals surface area contributed by atoms with E-state index in [1.54, 1.807) is 11.3 Å². The molecule has 0 amide bonds. The van der Waals surface area contributed by atoms with Gasteiger partial charge in [-0.2, -0.15) is 0 Å². The first-order chi connectivity index (χ1) is 7.08. The van der Waals surface area contributed by atoms with E-state index in [1.165, 1.54) is 0 Å². The van der Waals surface area contributed by atoms with Gasteiger partial charge in [0.1, 0.15) is 0 Å². The molecule has 4 nitrogen and oxygen atoms in total. The molecule has 0 radical (unpaired) electrons. The third-order valence-electron chi connectivity index (χ3n) is 1.77. The molecule has 5 heteroatoms. The van der Waals surface area contributed by atoms with Gasteiger partial charge in [-0.05, 0) is 12.8 Å². The largest absolute Gasteiger partial charge is 0.370 e. The number of aromatic nitrogens is 1. The molecule has 84 valence electrons. The molecule has 15 heavy (non-hydrogen) atoms. The Balaban J connectivity index is 2.36. The fraction of sp³-hybridized carbons (Fsp3) is 0.600. The zero-order chi connectivity index (χ0) is 11.3. The predicted molar refractivity (Wildman–Crippen MR) is 65.0 cm³/mol. The molecule has 3 N–H and O–H groups in total. The third kappa shape index (κ3) is 4.78. The molecule has 1 rings (SSSR count). The molecule has 0 aliphatic heterocycles. The van der Waals surface area contributed by atoms with Gasteiger partial charge in [0.25, 0.3) is 0 Å². The monoisotopic (exact) mass is 226 g/mol. The van der Waals surface area contributed by atoms with Crippen LogP contribution in [-0.2, 0) is 6.54 Å². The van der Waals surface area contributed by atoms with E-state index < -0.39 is 0 Å². The molecule has 0 bridgehead atoms. The fourth-order valence-electron chi connectivity index (χ4n) is 1.01.